The van der Waals surface area contributed by atoms with Gasteiger partial charge in [-0.1, -0.05) is 13.3 Å². The Bertz CT molecular complexity index is 507. The van der Waals surface area contributed by atoms with Crippen molar-refractivity contribution in [2.75, 3.05) is 0 Å². The number of rotatable bonds is 4. The van der Waals surface area contributed by atoms with E-state index in [0.717, 1.165) is 25.7 Å². The van der Waals surface area contributed by atoms with Gasteiger partial charge in [-0.2, -0.15) is 0 Å². The lowest BCUT2D eigenvalue weighted by atomic mass is 9.85. The van der Waals surface area contributed by atoms with Gasteiger partial charge in [-0.05, 0) is 59.7 Å². The zero-order valence-corrected chi connectivity index (χ0v) is 13.2. The molecule has 3 N–H and O–H groups in total. The minimum absolute atomic E-state index is 0.0818. The van der Waals surface area contributed by atoms with Gasteiger partial charge >= 0.3 is 0 Å². The topological polar surface area (TPSA) is 59.1 Å². The van der Waals surface area contributed by atoms with Crippen LogP contribution in [0, 0.1) is 17.1 Å². The monoisotopic (exact) mass is 342 g/mol. The Balaban J connectivity index is 2.21. The summed E-state index contributed by atoms with van der Waals surface area (Å²) in [5, 5.41) is 7.40. The molecule has 1 fully saturated rings. The number of nitrogen functional groups attached to an aromatic ring is 1. The smallest absolute Gasteiger partial charge is 0.179 e. The first-order valence-corrected chi connectivity index (χ1v) is 7.83. The van der Waals surface area contributed by atoms with Crippen LogP contribution in [-0.2, 0) is 0 Å². The van der Waals surface area contributed by atoms with Gasteiger partial charge in [-0.3, -0.25) is 5.41 Å². The Morgan fingerprint density at radius 2 is 2.15 bits per heavy atom. The molecule has 1 aromatic rings. The summed E-state index contributed by atoms with van der Waals surface area (Å²) in [6, 6.07) is 3.19. The summed E-state index contributed by atoms with van der Waals surface area (Å²) in [5.74, 6) is 0.103. The summed E-state index contributed by atoms with van der Waals surface area (Å²) in [6.07, 6.45) is 5.63. The second-order valence-corrected chi connectivity index (χ2v) is 6.05. The Morgan fingerprint density at radius 1 is 1.45 bits per heavy atom. The van der Waals surface area contributed by atoms with Crippen molar-refractivity contribution >= 4 is 21.8 Å². The minimum atomic E-state index is -0.474. The molecule has 2 atom stereocenters. The zero-order valence-electron chi connectivity index (χ0n) is 11.6. The van der Waals surface area contributed by atoms with E-state index in [1.807, 2.05) is 0 Å². The highest BCUT2D eigenvalue weighted by Gasteiger charge is 2.26. The number of hydrogen-bond donors (Lipinski definition) is 2. The van der Waals surface area contributed by atoms with Crippen LogP contribution < -0.4 is 10.5 Å². The van der Waals surface area contributed by atoms with E-state index in [1.165, 1.54) is 6.42 Å². The third-order valence-corrected chi connectivity index (χ3v) is 4.75. The molecule has 0 spiro atoms. The van der Waals surface area contributed by atoms with Crippen molar-refractivity contribution in [3.05, 3.63) is 28.0 Å². The molecule has 0 aromatic heterocycles. The summed E-state index contributed by atoms with van der Waals surface area (Å²) in [6.45, 7) is 2.15. The van der Waals surface area contributed by atoms with Gasteiger partial charge in [0.15, 0.2) is 11.6 Å². The molecule has 1 saturated carbocycles. The van der Waals surface area contributed by atoms with Gasteiger partial charge in [0.25, 0.3) is 0 Å². The van der Waals surface area contributed by atoms with Crippen molar-refractivity contribution in [3.63, 3.8) is 0 Å². The molecular weight excluding hydrogens is 323 g/mol. The summed E-state index contributed by atoms with van der Waals surface area (Å²) in [7, 11) is 0. The van der Waals surface area contributed by atoms with Crippen LogP contribution in [0.2, 0.25) is 0 Å². The highest BCUT2D eigenvalue weighted by atomic mass is 79.9. The predicted octanol–water partition coefficient (Wildman–Crippen LogP) is 4.22. The van der Waals surface area contributed by atoms with Crippen LogP contribution in [0.3, 0.4) is 0 Å². The van der Waals surface area contributed by atoms with Crippen LogP contribution in [0.15, 0.2) is 16.6 Å². The van der Waals surface area contributed by atoms with Gasteiger partial charge in [0.1, 0.15) is 11.9 Å². The Hall–Kier alpha value is -1.10. The lowest BCUT2D eigenvalue weighted by Crippen LogP contribution is -2.30. The predicted molar refractivity (Wildman–Crippen MR) is 81.8 cm³/mol. The van der Waals surface area contributed by atoms with Crippen LogP contribution in [0.4, 0.5) is 4.39 Å². The minimum Gasteiger partial charge on any atom is -0.487 e. The number of halogens is 2. The van der Waals surface area contributed by atoms with Gasteiger partial charge in [-0.25, -0.2) is 4.39 Å². The van der Waals surface area contributed by atoms with E-state index in [9.17, 15) is 4.39 Å². The average molecular weight is 343 g/mol. The van der Waals surface area contributed by atoms with Crippen LogP contribution in [0.25, 0.3) is 0 Å². The second-order valence-electron chi connectivity index (χ2n) is 5.26. The molecule has 0 heterocycles. The maximum absolute atomic E-state index is 14.3. The maximum Gasteiger partial charge on any atom is 0.179 e. The first kappa shape index (κ1) is 15.3. The zero-order chi connectivity index (χ0) is 14.7. The molecule has 2 rings (SSSR count). The van der Waals surface area contributed by atoms with E-state index in [1.54, 1.807) is 12.1 Å². The average Bonchev–Trinajstić information content (AvgIpc) is 2.44. The van der Waals surface area contributed by atoms with Crippen molar-refractivity contribution in [2.45, 2.75) is 45.1 Å². The number of benzene rings is 1. The molecule has 110 valence electrons. The van der Waals surface area contributed by atoms with Crippen molar-refractivity contribution < 1.29 is 9.13 Å². The van der Waals surface area contributed by atoms with E-state index in [4.69, 9.17) is 15.9 Å². The first-order valence-electron chi connectivity index (χ1n) is 7.03. The molecule has 0 bridgehead atoms. The maximum atomic E-state index is 14.3. The number of ether oxygens (including phenoxy) is 1. The van der Waals surface area contributed by atoms with Crippen LogP contribution in [0.1, 0.15) is 44.6 Å². The molecule has 1 aromatic carbocycles. The van der Waals surface area contributed by atoms with Crippen molar-refractivity contribution in [2.24, 2.45) is 11.7 Å². The lowest BCUT2D eigenvalue weighted by Gasteiger charge is -2.31. The van der Waals surface area contributed by atoms with Gasteiger partial charge in [0, 0.05) is 5.56 Å². The molecule has 3 nitrogen and oxygen atoms in total. The third kappa shape index (κ3) is 3.14. The molecule has 0 saturated heterocycles. The highest BCUT2D eigenvalue weighted by Crippen LogP contribution is 2.34. The number of amidine groups is 1. The van der Waals surface area contributed by atoms with Gasteiger partial charge in [-0.15, -0.1) is 0 Å². The lowest BCUT2D eigenvalue weighted by molar-refractivity contribution is 0.0861. The standard InChI is InChI=1S/C15H20BrFN2O/c1-2-9-5-3-4-6-11(9)20-12-8-7-10(15(18)19)13(16)14(12)17/h7-9,11H,2-6H2,1H3,(H3,18,19). The number of nitrogens with two attached hydrogens (primary N) is 1. The van der Waals surface area contributed by atoms with Gasteiger partial charge < -0.3 is 10.5 Å². The first-order chi connectivity index (χ1) is 9.54. The van der Waals surface area contributed by atoms with Gasteiger partial charge in [0.2, 0.25) is 0 Å². The molecule has 0 aliphatic heterocycles. The summed E-state index contributed by atoms with van der Waals surface area (Å²) < 4.78 is 20.4. The number of hydrogen-bond acceptors (Lipinski definition) is 2. The Labute approximate surface area is 127 Å². The molecular formula is C15H20BrFN2O. The molecule has 5 heteroatoms. The van der Waals surface area contributed by atoms with E-state index < -0.39 is 5.82 Å². The van der Waals surface area contributed by atoms with Crippen molar-refractivity contribution in [1.29, 1.82) is 5.41 Å². The van der Waals surface area contributed by atoms with Gasteiger partial charge in [0.05, 0.1) is 4.47 Å². The van der Waals surface area contributed by atoms with Crippen molar-refractivity contribution in [1.82, 2.24) is 0 Å². The van der Waals surface area contributed by atoms with E-state index in [0.29, 0.717) is 11.5 Å². The fourth-order valence-corrected chi connectivity index (χ4v) is 3.33. The van der Waals surface area contributed by atoms with E-state index in [-0.39, 0.29) is 22.2 Å². The fourth-order valence-electron chi connectivity index (χ4n) is 2.79. The summed E-state index contributed by atoms with van der Waals surface area (Å²) in [5.41, 5.74) is 5.76. The third-order valence-electron chi connectivity index (χ3n) is 3.98. The Morgan fingerprint density at radius 3 is 2.80 bits per heavy atom. The van der Waals surface area contributed by atoms with Crippen LogP contribution >= 0.6 is 15.9 Å². The SMILES string of the molecule is CCC1CCCCC1Oc1ccc(C(=N)N)c(Br)c1F. The molecule has 0 radical (unpaired) electrons. The number of nitrogens with one attached hydrogen (secondary N) is 1. The van der Waals surface area contributed by atoms with E-state index in [2.05, 4.69) is 22.9 Å². The summed E-state index contributed by atoms with van der Waals surface area (Å²) >= 11 is 3.15. The summed E-state index contributed by atoms with van der Waals surface area (Å²) in [4.78, 5) is 0. The molecule has 20 heavy (non-hydrogen) atoms. The quantitative estimate of drug-likeness (QED) is 0.635. The fraction of sp³-hybridized carbons (Fsp3) is 0.533. The molecule has 2 unspecified atom stereocenters. The normalized spacial score (nSPS) is 22.6. The van der Waals surface area contributed by atoms with Crippen LogP contribution in [0.5, 0.6) is 5.75 Å². The molecule has 1 aliphatic carbocycles. The Kier molecular flexibility index (Phi) is 5.02. The molecule has 0 amide bonds. The second kappa shape index (κ2) is 6.57. The van der Waals surface area contributed by atoms with E-state index >= 15 is 0 Å². The van der Waals surface area contributed by atoms with Crippen LogP contribution in [-0.4, -0.2) is 11.9 Å². The largest absolute Gasteiger partial charge is 0.487 e. The van der Waals surface area contributed by atoms with Crippen molar-refractivity contribution in [3.8, 4) is 5.75 Å². The molecule has 1 aliphatic rings. The highest BCUT2D eigenvalue weighted by molar-refractivity contribution is 9.10.